The summed E-state index contributed by atoms with van der Waals surface area (Å²) >= 11 is 2.52. The lowest BCUT2D eigenvalue weighted by Crippen LogP contribution is -2.43. The van der Waals surface area contributed by atoms with Crippen molar-refractivity contribution in [2.24, 2.45) is 0 Å². The number of benzene rings is 2. The van der Waals surface area contributed by atoms with Crippen molar-refractivity contribution in [2.75, 3.05) is 13.2 Å². The van der Waals surface area contributed by atoms with Gasteiger partial charge in [-0.25, -0.2) is 4.79 Å². The summed E-state index contributed by atoms with van der Waals surface area (Å²) in [4.78, 5) is 78.2. The molecule has 0 radical (unpaired) electrons. The summed E-state index contributed by atoms with van der Waals surface area (Å²) in [5, 5.41) is 9.98. The van der Waals surface area contributed by atoms with Gasteiger partial charge in [-0.1, -0.05) is 67.6 Å². The number of unbranched alkanes of at least 4 members (excludes halogenated alkanes) is 3. The Bertz CT molecular complexity index is 1880. The van der Waals surface area contributed by atoms with E-state index in [4.69, 9.17) is 14.2 Å². The average molecular weight is 775 g/mol. The van der Waals surface area contributed by atoms with Crippen molar-refractivity contribution in [3.05, 3.63) is 116 Å². The van der Waals surface area contributed by atoms with Crippen molar-refractivity contribution >= 4 is 58.1 Å². The number of rotatable bonds is 22. The van der Waals surface area contributed by atoms with Crippen molar-refractivity contribution < 1.29 is 48.1 Å². The van der Waals surface area contributed by atoms with Gasteiger partial charge in [0.05, 0.1) is 34.8 Å². The molecule has 0 bridgehead atoms. The Hall–Kier alpha value is -4.94. The van der Waals surface area contributed by atoms with Crippen LogP contribution in [0.4, 0.5) is 0 Å². The Morgan fingerprint density at radius 1 is 0.630 bits per heavy atom. The first kappa shape index (κ1) is 41.8. The molecule has 0 aliphatic rings. The minimum atomic E-state index is -1.69. The van der Waals surface area contributed by atoms with Gasteiger partial charge >= 0.3 is 23.9 Å². The predicted molar refractivity (Wildman–Crippen MR) is 206 cm³/mol. The van der Waals surface area contributed by atoms with Crippen LogP contribution in [0.3, 0.4) is 0 Å². The second-order valence-electron chi connectivity index (χ2n) is 13.0. The van der Waals surface area contributed by atoms with E-state index in [2.05, 4.69) is 0 Å². The second-order valence-corrected chi connectivity index (χ2v) is 15.2. The van der Waals surface area contributed by atoms with Gasteiger partial charge in [-0.2, -0.15) is 0 Å². The van der Waals surface area contributed by atoms with Gasteiger partial charge in [-0.3, -0.25) is 24.0 Å². The van der Waals surface area contributed by atoms with Crippen LogP contribution in [0.5, 0.6) is 0 Å². The maximum absolute atomic E-state index is 12.7. The van der Waals surface area contributed by atoms with Crippen LogP contribution in [0.25, 0.3) is 0 Å². The topological polar surface area (TPSA) is 150 Å². The summed E-state index contributed by atoms with van der Waals surface area (Å²) in [7, 11) is 0. The lowest BCUT2D eigenvalue weighted by Gasteiger charge is -2.28. The Kier molecular flexibility index (Phi) is 15.9. The quantitative estimate of drug-likeness (QED) is 0.0355. The first-order chi connectivity index (χ1) is 26.0. The number of hydrogen-bond acceptors (Lipinski definition) is 11. The van der Waals surface area contributed by atoms with Crippen molar-refractivity contribution in [1.82, 2.24) is 0 Å². The van der Waals surface area contributed by atoms with E-state index in [0.29, 0.717) is 57.9 Å². The molecule has 0 unspecified atom stereocenters. The van der Waals surface area contributed by atoms with Gasteiger partial charge in [-0.05, 0) is 83.1 Å². The molecule has 0 aliphatic heterocycles. The summed E-state index contributed by atoms with van der Waals surface area (Å²) in [6.45, 7) is 5.33. The fourth-order valence-electron chi connectivity index (χ4n) is 5.64. The first-order valence-electron chi connectivity index (χ1n) is 18.1. The molecule has 4 aromatic rings. The molecule has 54 heavy (non-hydrogen) atoms. The third-order valence-corrected chi connectivity index (χ3v) is 11.6. The monoisotopic (exact) mass is 774 g/mol. The number of carbonyl (C=O) groups excluding carboxylic acids is 5. The SMILES string of the molecule is CC[C@](CCCCOC(=O)[C@@H](C)c1ccc(C(=O)c2ccccc2)s1)(OC(=O)CCCCCOC(=O)[C@H](C)c1ccc(C(=O)c2ccccc2)s1)C(=O)O. The third-order valence-electron chi connectivity index (χ3n) is 9.09. The highest BCUT2D eigenvalue weighted by molar-refractivity contribution is 7.14. The van der Waals surface area contributed by atoms with Crippen LogP contribution in [0.15, 0.2) is 84.9 Å². The Morgan fingerprint density at radius 3 is 1.54 bits per heavy atom. The fraction of sp³-hybridized carbons (Fsp3) is 0.381. The summed E-state index contributed by atoms with van der Waals surface area (Å²) in [6.07, 6.45) is 2.40. The number of esters is 3. The molecule has 2 aromatic heterocycles. The van der Waals surface area contributed by atoms with E-state index in [9.17, 15) is 33.9 Å². The molecule has 3 atom stereocenters. The van der Waals surface area contributed by atoms with E-state index in [1.807, 2.05) is 12.1 Å². The zero-order valence-electron chi connectivity index (χ0n) is 30.7. The maximum atomic E-state index is 12.7. The zero-order chi connectivity index (χ0) is 39.1. The number of carbonyl (C=O) groups is 6. The van der Waals surface area contributed by atoms with Gasteiger partial charge in [0.15, 0.2) is 0 Å². The molecule has 12 heteroatoms. The van der Waals surface area contributed by atoms with Crippen molar-refractivity contribution in [3.63, 3.8) is 0 Å². The number of thiophene rings is 2. The highest BCUT2D eigenvalue weighted by atomic mass is 32.1. The summed E-state index contributed by atoms with van der Waals surface area (Å²) in [6, 6.07) is 24.8. The van der Waals surface area contributed by atoms with Gasteiger partial charge in [0, 0.05) is 27.3 Å². The van der Waals surface area contributed by atoms with Gasteiger partial charge < -0.3 is 19.3 Å². The molecule has 10 nitrogen and oxygen atoms in total. The van der Waals surface area contributed by atoms with E-state index >= 15 is 0 Å². The number of ketones is 2. The number of carboxylic acid groups (broad SMARTS) is 1. The largest absolute Gasteiger partial charge is 0.478 e. The maximum Gasteiger partial charge on any atom is 0.348 e. The van der Waals surface area contributed by atoms with Gasteiger partial charge in [-0.15, -0.1) is 22.7 Å². The number of aliphatic carboxylic acids is 1. The molecule has 2 heterocycles. The van der Waals surface area contributed by atoms with Crippen molar-refractivity contribution in [1.29, 1.82) is 0 Å². The third kappa shape index (κ3) is 11.5. The number of hydrogen-bond donors (Lipinski definition) is 1. The smallest absolute Gasteiger partial charge is 0.348 e. The van der Waals surface area contributed by atoms with Crippen LogP contribution in [-0.4, -0.2) is 59.4 Å². The number of ether oxygens (including phenoxy) is 3. The van der Waals surface area contributed by atoms with E-state index in [-0.39, 0.29) is 44.0 Å². The van der Waals surface area contributed by atoms with Crippen LogP contribution in [0.1, 0.15) is 124 Å². The standard InChI is InChI=1S/C42H46O10S2/c1-4-42(41(48)49,25-13-15-27-51-40(47)29(3)33-22-24-35(54-33)38(45)31-18-10-6-11-19-31)52-36(43)20-12-7-14-26-50-39(46)28(2)32-21-23-34(53-32)37(44)30-16-8-5-9-17-30/h5-6,8-11,16-19,21-24,28-29H,4,7,12-15,20,25-27H2,1-3H3,(H,48,49)/t28-,29+,42-/m1/s1. The highest BCUT2D eigenvalue weighted by Gasteiger charge is 2.40. The van der Waals surface area contributed by atoms with Gasteiger partial charge in [0.2, 0.25) is 17.2 Å². The molecular weight excluding hydrogens is 729 g/mol. The molecule has 1 N–H and O–H groups in total. The first-order valence-corrected chi connectivity index (χ1v) is 19.8. The van der Waals surface area contributed by atoms with Crippen LogP contribution in [0, 0.1) is 0 Å². The molecule has 0 saturated heterocycles. The van der Waals surface area contributed by atoms with Gasteiger partial charge in [0.1, 0.15) is 0 Å². The van der Waals surface area contributed by atoms with E-state index < -0.39 is 41.3 Å². The van der Waals surface area contributed by atoms with E-state index in [1.54, 1.807) is 93.6 Å². The Balaban J connectivity index is 1.12. The molecule has 0 spiro atoms. The molecule has 2 aromatic carbocycles. The zero-order valence-corrected chi connectivity index (χ0v) is 32.4. The predicted octanol–water partition coefficient (Wildman–Crippen LogP) is 8.77. The van der Waals surface area contributed by atoms with E-state index in [1.165, 1.54) is 22.7 Å². The second kappa shape index (κ2) is 20.5. The number of carboxylic acids is 1. The van der Waals surface area contributed by atoms with Crippen molar-refractivity contribution in [3.8, 4) is 0 Å². The highest BCUT2D eigenvalue weighted by Crippen LogP contribution is 2.30. The van der Waals surface area contributed by atoms with Crippen LogP contribution in [-0.2, 0) is 33.4 Å². The van der Waals surface area contributed by atoms with Crippen LogP contribution >= 0.6 is 22.7 Å². The van der Waals surface area contributed by atoms with Gasteiger partial charge in [0.25, 0.3) is 0 Å². The van der Waals surface area contributed by atoms with Crippen LogP contribution < -0.4 is 0 Å². The molecule has 0 fully saturated rings. The molecule has 286 valence electrons. The fourth-order valence-corrected chi connectivity index (χ4v) is 7.66. The summed E-state index contributed by atoms with van der Waals surface area (Å²) in [5.74, 6) is -4.01. The Morgan fingerprint density at radius 2 is 1.09 bits per heavy atom. The molecule has 0 amide bonds. The molecule has 0 saturated carbocycles. The van der Waals surface area contributed by atoms with Crippen LogP contribution in [0.2, 0.25) is 0 Å². The average Bonchev–Trinajstić information content (AvgIpc) is 3.89. The Labute approximate surface area is 323 Å². The molecule has 4 rings (SSSR count). The van der Waals surface area contributed by atoms with E-state index in [0.717, 1.165) is 4.88 Å². The minimum absolute atomic E-state index is 0.0175. The summed E-state index contributed by atoms with van der Waals surface area (Å²) in [5.41, 5.74) is -0.534. The normalized spacial score (nSPS) is 13.2. The lowest BCUT2D eigenvalue weighted by atomic mass is 9.93. The van der Waals surface area contributed by atoms with Crippen molar-refractivity contribution in [2.45, 2.75) is 89.6 Å². The summed E-state index contributed by atoms with van der Waals surface area (Å²) < 4.78 is 16.4. The molecule has 0 aliphatic carbocycles. The minimum Gasteiger partial charge on any atom is -0.478 e. The lowest BCUT2D eigenvalue weighted by molar-refractivity contribution is -0.180. The molecular formula is C42H46O10S2.